The zero-order chi connectivity index (χ0) is 27.6. The fourth-order valence-corrected chi connectivity index (χ4v) is 7.03. The fraction of sp³-hybridized carbons (Fsp3) is 0.333. The van der Waals surface area contributed by atoms with Crippen LogP contribution in [0.25, 0.3) is 10.9 Å². The van der Waals surface area contributed by atoms with Crippen molar-refractivity contribution in [2.45, 2.75) is 17.8 Å². The molecular formula is C27H27N7O5S. The number of nitrogens with one attached hydrogen (secondary N) is 3. The van der Waals surface area contributed by atoms with Gasteiger partial charge >= 0.3 is 0 Å². The van der Waals surface area contributed by atoms with E-state index in [0.29, 0.717) is 36.4 Å². The van der Waals surface area contributed by atoms with Crippen molar-refractivity contribution in [2.75, 3.05) is 54.3 Å². The number of sulfone groups is 1. The zero-order valence-corrected chi connectivity index (χ0v) is 22.7. The first-order valence-electron chi connectivity index (χ1n) is 12.9. The molecule has 4 aromatic rings. The first kappa shape index (κ1) is 24.6. The number of anilines is 4. The summed E-state index contributed by atoms with van der Waals surface area (Å²) in [6.45, 7) is 0.667. The highest BCUT2D eigenvalue weighted by atomic mass is 32.2. The molecule has 40 heavy (non-hydrogen) atoms. The molecule has 2 aliphatic heterocycles. The van der Waals surface area contributed by atoms with E-state index in [1.165, 1.54) is 7.11 Å². The zero-order valence-electron chi connectivity index (χ0n) is 21.9. The van der Waals surface area contributed by atoms with E-state index in [0.717, 1.165) is 39.9 Å². The van der Waals surface area contributed by atoms with Gasteiger partial charge in [-0.05, 0) is 47.9 Å². The van der Waals surface area contributed by atoms with E-state index in [9.17, 15) is 13.2 Å². The lowest BCUT2D eigenvalue weighted by molar-refractivity contribution is -0.118. The van der Waals surface area contributed by atoms with Crippen molar-refractivity contribution in [3.8, 4) is 11.5 Å². The van der Waals surface area contributed by atoms with E-state index < -0.39 is 15.3 Å². The SMILES string of the molecule is COc1ccc2c(c1)[C@@]1(C[C@H]1c1ccc3c(Nc4nc(N5CCS(=O)(=O)CC5)ncc4OC)n[nH]c3c1)C(=O)N2. The van der Waals surface area contributed by atoms with Crippen LogP contribution in [-0.4, -0.2) is 73.3 Å². The molecule has 1 spiro atoms. The Hall–Kier alpha value is -4.39. The third-order valence-electron chi connectivity index (χ3n) is 8.14. The fourth-order valence-electron chi connectivity index (χ4n) is 5.83. The summed E-state index contributed by atoms with van der Waals surface area (Å²) < 4.78 is 34.5. The van der Waals surface area contributed by atoms with Crippen LogP contribution in [0, 0.1) is 0 Å². The number of fused-ring (bicyclic) bond motifs is 3. The van der Waals surface area contributed by atoms with Crippen LogP contribution in [-0.2, 0) is 20.0 Å². The standard InChI is InChI=1S/C27H27N7O5S/c1-38-16-4-6-20-18(12-16)27(25(35)29-20)13-19(27)15-3-5-17-21(11-15)32-33-23(17)30-24-22(39-2)14-28-26(31-24)34-7-9-40(36,37)10-8-34/h3-6,11-12,14,19H,7-10,13H2,1-2H3,(H,29,35)(H2,28,30,31,32,33)/t19-,27+/m0/s1. The summed E-state index contributed by atoms with van der Waals surface area (Å²) in [4.78, 5) is 23.9. The van der Waals surface area contributed by atoms with Crippen molar-refractivity contribution in [1.82, 2.24) is 20.2 Å². The minimum Gasteiger partial charge on any atom is -0.497 e. The van der Waals surface area contributed by atoms with Crippen molar-refractivity contribution in [3.63, 3.8) is 0 Å². The number of nitrogens with zero attached hydrogens (tertiary/aromatic N) is 4. The van der Waals surface area contributed by atoms with Gasteiger partial charge in [0.2, 0.25) is 11.9 Å². The number of aromatic amines is 1. The molecule has 4 heterocycles. The molecule has 206 valence electrons. The molecule has 3 N–H and O–H groups in total. The first-order valence-corrected chi connectivity index (χ1v) is 14.7. The number of aromatic nitrogens is 4. The molecule has 7 rings (SSSR count). The largest absolute Gasteiger partial charge is 0.497 e. The van der Waals surface area contributed by atoms with Crippen molar-refractivity contribution < 1.29 is 22.7 Å². The maximum atomic E-state index is 13.1. The second-order valence-electron chi connectivity index (χ2n) is 10.3. The molecule has 1 aliphatic carbocycles. The van der Waals surface area contributed by atoms with Gasteiger partial charge in [0.15, 0.2) is 27.2 Å². The molecule has 0 bridgehead atoms. The Balaban J connectivity index is 1.16. The topological polar surface area (TPSA) is 151 Å². The molecule has 2 fully saturated rings. The van der Waals surface area contributed by atoms with Gasteiger partial charge in [-0.25, -0.2) is 13.4 Å². The van der Waals surface area contributed by atoms with Gasteiger partial charge in [0.05, 0.1) is 42.9 Å². The number of methoxy groups -OCH3 is 2. The molecule has 2 atom stereocenters. The number of carbonyl (C=O) groups is 1. The van der Waals surface area contributed by atoms with Gasteiger partial charge in [0.1, 0.15) is 5.75 Å². The molecule has 13 heteroatoms. The van der Waals surface area contributed by atoms with Crippen LogP contribution in [0.3, 0.4) is 0 Å². The molecule has 1 amide bonds. The number of hydrogen-bond acceptors (Lipinski definition) is 10. The molecule has 2 aromatic heterocycles. The minimum absolute atomic E-state index is 0.0192. The van der Waals surface area contributed by atoms with Gasteiger partial charge in [-0.2, -0.15) is 10.1 Å². The Morgan fingerprint density at radius 1 is 1.07 bits per heavy atom. The maximum absolute atomic E-state index is 13.1. The third-order valence-corrected chi connectivity index (χ3v) is 9.75. The Kier molecular flexibility index (Phi) is 5.43. The molecule has 0 radical (unpaired) electrons. The first-order chi connectivity index (χ1) is 19.3. The van der Waals surface area contributed by atoms with Crippen LogP contribution in [0.1, 0.15) is 23.5 Å². The Labute approximate surface area is 230 Å². The Morgan fingerprint density at radius 2 is 1.90 bits per heavy atom. The van der Waals surface area contributed by atoms with E-state index in [1.54, 1.807) is 13.3 Å². The molecule has 0 unspecified atom stereocenters. The summed E-state index contributed by atoms with van der Waals surface area (Å²) in [6, 6.07) is 11.8. The second kappa shape index (κ2) is 8.81. The summed E-state index contributed by atoms with van der Waals surface area (Å²) in [5, 5.41) is 14.7. The molecule has 1 saturated carbocycles. The van der Waals surface area contributed by atoms with Crippen molar-refractivity contribution in [1.29, 1.82) is 0 Å². The van der Waals surface area contributed by atoms with E-state index in [4.69, 9.17) is 9.47 Å². The van der Waals surface area contributed by atoms with Gasteiger partial charge in [-0.15, -0.1) is 0 Å². The lowest BCUT2D eigenvalue weighted by Crippen LogP contribution is -2.41. The summed E-state index contributed by atoms with van der Waals surface area (Å²) in [7, 11) is 0.131. The predicted octanol–water partition coefficient (Wildman–Crippen LogP) is 2.73. The quantitative estimate of drug-likeness (QED) is 0.320. The van der Waals surface area contributed by atoms with Crippen LogP contribution in [0.4, 0.5) is 23.3 Å². The van der Waals surface area contributed by atoms with Gasteiger partial charge in [0.25, 0.3) is 0 Å². The van der Waals surface area contributed by atoms with Gasteiger partial charge in [-0.1, -0.05) is 6.07 Å². The number of rotatable bonds is 6. The van der Waals surface area contributed by atoms with E-state index in [-0.39, 0.29) is 23.3 Å². The Bertz CT molecular complexity index is 1780. The van der Waals surface area contributed by atoms with E-state index >= 15 is 0 Å². The van der Waals surface area contributed by atoms with Crippen molar-refractivity contribution in [2.24, 2.45) is 0 Å². The molecule has 1 saturated heterocycles. The van der Waals surface area contributed by atoms with Crippen LogP contribution < -0.4 is 25.0 Å². The summed E-state index contributed by atoms with van der Waals surface area (Å²) in [6.07, 6.45) is 2.29. The Morgan fingerprint density at radius 3 is 2.67 bits per heavy atom. The lowest BCUT2D eigenvalue weighted by atomic mass is 9.91. The third kappa shape index (κ3) is 3.83. The van der Waals surface area contributed by atoms with Crippen molar-refractivity contribution >= 4 is 49.9 Å². The highest BCUT2D eigenvalue weighted by Crippen LogP contribution is 2.65. The highest BCUT2D eigenvalue weighted by molar-refractivity contribution is 7.91. The number of carbonyl (C=O) groups excluding carboxylic acids is 1. The summed E-state index contributed by atoms with van der Waals surface area (Å²) in [5.74, 6) is 2.77. The van der Waals surface area contributed by atoms with Gasteiger partial charge < -0.3 is 25.0 Å². The average Bonchev–Trinajstić information content (AvgIpc) is 3.51. The number of amides is 1. The number of hydrogen-bond donors (Lipinski definition) is 3. The van der Waals surface area contributed by atoms with Gasteiger partial charge in [-0.3, -0.25) is 9.89 Å². The van der Waals surface area contributed by atoms with Crippen LogP contribution in [0.15, 0.2) is 42.6 Å². The minimum atomic E-state index is -3.03. The smallest absolute Gasteiger partial charge is 0.235 e. The monoisotopic (exact) mass is 561 g/mol. The van der Waals surface area contributed by atoms with Crippen LogP contribution in [0.5, 0.6) is 11.5 Å². The number of H-pyrrole nitrogens is 1. The normalized spacial score (nSPS) is 22.7. The molecule has 2 aromatic carbocycles. The second-order valence-corrected chi connectivity index (χ2v) is 12.6. The van der Waals surface area contributed by atoms with Gasteiger partial charge in [0, 0.05) is 30.1 Å². The van der Waals surface area contributed by atoms with Crippen LogP contribution in [0.2, 0.25) is 0 Å². The highest BCUT2D eigenvalue weighted by Gasteiger charge is 2.65. The van der Waals surface area contributed by atoms with Crippen molar-refractivity contribution in [3.05, 3.63) is 53.7 Å². The van der Waals surface area contributed by atoms with E-state index in [1.807, 2.05) is 41.3 Å². The van der Waals surface area contributed by atoms with E-state index in [2.05, 4.69) is 30.8 Å². The molecule has 3 aliphatic rings. The molecule has 12 nitrogen and oxygen atoms in total. The summed E-state index contributed by atoms with van der Waals surface area (Å²) in [5.41, 5.74) is 3.10. The summed E-state index contributed by atoms with van der Waals surface area (Å²) >= 11 is 0. The number of benzene rings is 2. The average molecular weight is 562 g/mol. The van der Waals surface area contributed by atoms with Crippen LogP contribution >= 0.6 is 0 Å². The lowest BCUT2D eigenvalue weighted by Gasteiger charge is -2.27. The number of ether oxygens (including phenoxy) is 2. The predicted molar refractivity (Wildman–Crippen MR) is 149 cm³/mol. The molecular weight excluding hydrogens is 534 g/mol. The maximum Gasteiger partial charge on any atom is 0.235 e.